The largest absolute Gasteiger partial charge is 0.480 e. The normalized spacial score (nSPS) is 15.4. The van der Waals surface area contributed by atoms with Crippen molar-refractivity contribution in [1.82, 2.24) is 10.2 Å². The highest BCUT2D eigenvalue weighted by atomic mass is 16.5. The van der Waals surface area contributed by atoms with Crippen LogP contribution in [-0.2, 0) is 14.3 Å². The second-order valence-electron chi connectivity index (χ2n) is 10.2. The lowest BCUT2D eigenvalue weighted by Crippen LogP contribution is -2.49. The van der Waals surface area contributed by atoms with Crippen molar-refractivity contribution >= 4 is 18.0 Å². The Morgan fingerprint density at radius 1 is 1.00 bits per heavy atom. The zero-order valence-electron chi connectivity index (χ0n) is 20.5. The summed E-state index contributed by atoms with van der Waals surface area (Å²) in [6.45, 7) is 3.82. The third kappa shape index (κ3) is 5.50. The molecule has 2 amide bonds. The Kier molecular flexibility index (Phi) is 7.43. The minimum atomic E-state index is -1.00. The van der Waals surface area contributed by atoms with Crippen molar-refractivity contribution < 1.29 is 24.2 Å². The van der Waals surface area contributed by atoms with Crippen LogP contribution in [0.25, 0.3) is 11.1 Å². The summed E-state index contributed by atoms with van der Waals surface area (Å²) >= 11 is 0. The molecule has 2 aromatic carbocycles. The van der Waals surface area contributed by atoms with Crippen LogP contribution < -0.4 is 5.32 Å². The Hall–Kier alpha value is -3.35. The number of amides is 2. The maximum atomic E-state index is 13.2. The van der Waals surface area contributed by atoms with Crippen LogP contribution in [0.2, 0.25) is 0 Å². The van der Waals surface area contributed by atoms with E-state index >= 15 is 0 Å². The van der Waals surface area contributed by atoms with Gasteiger partial charge in [-0.1, -0.05) is 75.2 Å². The highest BCUT2D eigenvalue weighted by Gasteiger charge is 2.37. The van der Waals surface area contributed by atoms with Crippen LogP contribution >= 0.6 is 0 Å². The van der Waals surface area contributed by atoms with Crippen molar-refractivity contribution in [1.29, 1.82) is 0 Å². The molecule has 0 saturated heterocycles. The van der Waals surface area contributed by atoms with Crippen molar-refractivity contribution in [2.75, 3.05) is 19.7 Å². The van der Waals surface area contributed by atoms with Crippen LogP contribution in [0.5, 0.6) is 0 Å². The van der Waals surface area contributed by atoms with E-state index in [9.17, 15) is 19.5 Å². The highest BCUT2D eigenvalue weighted by Crippen LogP contribution is 2.44. The van der Waals surface area contributed by atoms with Crippen molar-refractivity contribution in [2.24, 2.45) is 5.41 Å². The second kappa shape index (κ2) is 10.5. The van der Waals surface area contributed by atoms with E-state index in [0.29, 0.717) is 6.42 Å². The molecule has 0 unspecified atom stereocenters. The molecule has 2 N–H and O–H groups in total. The topological polar surface area (TPSA) is 95.9 Å². The van der Waals surface area contributed by atoms with Crippen LogP contribution in [0, 0.1) is 5.41 Å². The van der Waals surface area contributed by atoms with Gasteiger partial charge in [-0.05, 0) is 41.5 Å². The van der Waals surface area contributed by atoms with Crippen LogP contribution in [-0.4, -0.2) is 53.7 Å². The summed E-state index contributed by atoms with van der Waals surface area (Å²) in [5, 5.41) is 12.1. The van der Waals surface area contributed by atoms with E-state index in [1.807, 2.05) is 24.3 Å². The molecule has 0 aromatic heterocycles. The van der Waals surface area contributed by atoms with Gasteiger partial charge in [0.15, 0.2) is 0 Å². The van der Waals surface area contributed by atoms with Crippen LogP contribution in [0.15, 0.2) is 48.5 Å². The summed E-state index contributed by atoms with van der Waals surface area (Å²) in [6.07, 6.45) is 3.57. The molecule has 2 aliphatic carbocycles. The van der Waals surface area contributed by atoms with E-state index < -0.39 is 17.5 Å². The molecule has 2 aliphatic rings. The first kappa shape index (κ1) is 24.8. The summed E-state index contributed by atoms with van der Waals surface area (Å²) in [5.41, 5.74) is 3.85. The third-order valence-electron chi connectivity index (χ3n) is 7.27. The lowest BCUT2D eigenvalue weighted by molar-refractivity contribution is -0.151. The number of hydrogen-bond donors (Lipinski definition) is 2. The number of ether oxygens (including phenoxy) is 1. The Balaban J connectivity index is 1.30. The molecule has 0 atom stereocenters. The van der Waals surface area contributed by atoms with E-state index in [0.717, 1.165) is 36.8 Å². The number of fused-ring (bicyclic) bond motifs is 3. The van der Waals surface area contributed by atoms with E-state index in [-0.39, 0.29) is 37.6 Å². The number of carbonyl (C=O) groups excluding carboxylic acids is 2. The van der Waals surface area contributed by atoms with Gasteiger partial charge < -0.3 is 20.1 Å². The van der Waals surface area contributed by atoms with Gasteiger partial charge in [-0.3, -0.25) is 9.59 Å². The summed E-state index contributed by atoms with van der Waals surface area (Å²) in [4.78, 5) is 38.6. The standard InChI is InChI=1S/C28H34N2O5/c1-28(2,26(33)30(17-25(31)32)19-9-3-4-10-19)15-16-29-27(34)35-18-24-22-13-7-5-11-20(22)21-12-6-8-14-23(21)24/h5-8,11-14,19,24H,3-4,9-10,15-18H2,1-2H3,(H,29,34)(H,31,32). The van der Waals surface area contributed by atoms with Crippen molar-refractivity contribution in [3.63, 3.8) is 0 Å². The fourth-order valence-corrected chi connectivity index (χ4v) is 5.35. The molecule has 186 valence electrons. The van der Waals surface area contributed by atoms with Crippen molar-refractivity contribution in [3.05, 3.63) is 59.7 Å². The molecule has 4 rings (SSSR count). The Bertz CT molecular complexity index is 1040. The number of benzene rings is 2. The minimum Gasteiger partial charge on any atom is -0.480 e. The number of carboxylic acid groups (broad SMARTS) is 1. The predicted octanol–water partition coefficient (Wildman–Crippen LogP) is 4.80. The molecular formula is C28H34N2O5. The van der Waals surface area contributed by atoms with Gasteiger partial charge in [-0.15, -0.1) is 0 Å². The lowest BCUT2D eigenvalue weighted by Gasteiger charge is -2.35. The number of carbonyl (C=O) groups is 3. The molecule has 7 nitrogen and oxygen atoms in total. The maximum absolute atomic E-state index is 13.2. The Morgan fingerprint density at radius 3 is 2.14 bits per heavy atom. The monoisotopic (exact) mass is 478 g/mol. The first-order valence-corrected chi connectivity index (χ1v) is 12.4. The summed E-state index contributed by atoms with van der Waals surface area (Å²) in [7, 11) is 0. The predicted molar refractivity (Wildman–Crippen MR) is 133 cm³/mol. The van der Waals surface area contributed by atoms with E-state index in [4.69, 9.17) is 4.74 Å². The third-order valence-corrected chi connectivity index (χ3v) is 7.27. The number of alkyl carbamates (subject to hydrolysis) is 1. The number of carboxylic acids is 1. The molecule has 0 heterocycles. The molecular weight excluding hydrogens is 444 g/mol. The molecule has 35 heavy (non-hydrogen) atoms. The van der Waals surface area contributed by atoms with Gasteiger partial charge in [0.1, 0.15) is 13.2 Å². The summed E-state index contributed by atoms with van der Waals surface area (Å²) in [6, 6.07) is 16.3. The zero-order chi connectivity index (χ0) is 25.0. The Morgan fingerprint density at radius 2 is 1.57 bits per heavy atom. The fourth-order valence-electron chi connectivity index (χ4n) is 5.35. The molecule has 2 aromatic rings. The van der Waals surface area contributed by atoms with Gasteiger partial charge in [0.25, 0.3) is 0 Å². The van der Waals surface area contributed by atoms with Gasteiger partial charge in [-0.2, -0.15) is 0 Å². The molecule has 0 bridgehead atoms. The van der Waals surface area contributed by atoms with Gasteiger partial charge in [0, 0.05) is 23.9 Å². The van der Waals surface area contributed by atoms with E-state index in [2.05, 4.69) is 29.6 Å². The number of nitrogens with one attached hydrogen (secondary N) is 1. The smallest absolute Gasteiger partial charge is 0.407 e. The number of nitrogens with zero attached hydrogens (tertiary/aromatic N) is 1. The molecule has 0 spiro atoms. The molecule has 1 saturated carbocycles. The number of rotatable bonds is 9. The number of hydrogen-bond acceptors (Lipinski definition) is 4. The first-order valence-electron chi connectivity index (χ1n) is 12.4. The van der Waals surface area contributed by atoms with Gasteiger partial charge >= 0.3 is 12.1 Å². The van der Waals surface area contributed by atoms with E-state index in [1.165, 1.54) is 16.0 Å². The molecule has 0 radical (unpaired) electrons. The van der Waals surface area contributed by atoms with Gasteiger partial charge in [-0.25, -0.2) is 4.79 Å². The SMILES string of the molecule is CC(C)(CCNC(=O)OCC1c2ccccc2-c2ccccc21)C(=O)N(CC(=O)O)C1CCCC1. The molecule has 1 fully saturated rings. The summed E-state index contributed by atoms with van der Waals surface area (Å²) in [5.74, 6) is -1.19. The average Bonchev–Trinajstić information content (AvgIpc) is 3.47. The zero-order valence-corrected chi connectivity index (χ0v) is 20.5. The average molecular weight is 479 g/mol. The quantitative estimate of drug-likeness (QED) is 0.540. The van der Waals surface area contributed by atoms with Crippen LogP contribution in [0.3, 0.4) is 0 Å². The molecule has 0 aliphatic heterocycles. The van der Waals surface area contributed by atoms with Crippen LogP contribution in [0.4, 0.5) is 4.79 Å². The highest BCUT2D eigenvalue weighted by molar-refractivity contribution is 5.86. The first-order chi connectivity index (χ1) is 16.8. The maximum Gasteiger partial charge on any atom is 0.407 e. The fraction of sp³-hybridized carbons (Fsp3) is 0.464. The Labute approximate surface area is 206 Å². The summed E-state index contributed by atoms with van der Waals surface area (Å²) < 4.78 is 5.57. The molecule has 7 heteroatoms. The van der Waals surface area contributed by atoms with Crippen molar-refractivity contribution in [3.8, 4) is 11.1 Å². The van der Waals surface area contributed by atoms with Crippen LogP contribution in [0.1, 0.15) is 63.0 Å². The minimum absolute atomic E-state index is 0.0119. The van der Waals surface area contributed by atoms with Gasteiger partial charge in [0.05, 0.1) is 0 Å². The lowest BCUT2D eigenvalue weighted by atomic mass is 9.87. The van der Waals surface area contributed by atoms with Crippen molar-refractivity contribution in [2.45, 2.75) is 57.9 Å². The van der Waals surface area contributed by atoms with Gasteiger partial charge in [0.2, 0.25) is 5.91 Å². The second-order valence-corrected chi connectivity index (χ2v) is 10.2. The number of aliphatic carboxylic acids is 1. The van der Waals surface area contributed by atoms with E-state index in [1.54, 1.807) is 13.8 Å².